The van der Waals surface area contributed by atoms with E-state index < -0.39 is 20.2 Å². The molecule has 9 rings (SSSR count). The number of nitrogens with zero attached hydrogens (tertiary/aromatic N) is 2. The molecule has 7 aromatic carbocycles. The van der Waals surface area contributed by atoms with Gasteiger partial charge in [0.25, 0.3) is 11.8 Å². The van der Waals surface area contributed by atoms with E-state index in [1.165, 1.54) is 41.0 Å². The number of carbonyl (C=O) groups excluding carboxylic acids is 2. The van der Waals surface area contributed by atoms with Gasteiger partial charge in [0.15, 0.2) is 24.8 Å². The van der Waals surface area contributed by atoms with Crippen molar-refractivity contribution in [2.75, 3.05) is 10.6 Å². The van der Waals surface area contributed by atoms with E-state index in [1.54, 1.807) is 48.5 Å². The zero-order chi connectivity index (χ0) is 52.8. The first-order valence-corrected chi connectivity index (χ1v) is 26.5. The number of aryl methyl sites for hydroxylation is 4. The van der Waals surface area contributed by atoms with Gasteiger partial charge in [-0.05, 0) is 146 Å². The zero-order valence-electron chi connectivity index (χ0n) is 41.2. The van der Waals surface area contributed by atoms with Crippen molar-refractivity contribution in [1.29, 1.82) is 0 Å². The molecule has 0 spiro atoms. The minimum Gasteiger partial charge on any atom is -0.744 e. The first kappa shape index (κ1) is 53.4. The van der Waals surface area contributed by atoms with Crippen LogP contribution in [-0.2, 0) is 33.3 Å². The van der Waals surface area contributed by atoms with Crippen molar-refractivity contribution in [3.63, 3.8) is 0 Å². The molecule has 374 valence electrons. The van der Waals surface area contributed by atoms with Gasteiger partial charge in [-0.15, -0.1) is 0 Å². The topological polar surface area (TPSA) is 180 Å². The van der Waals surface area contributed by atoms with E-state index in [4.69, 9.17) is 0 Å². The Hall–Kier alpha value is -8.40. The number of carbonyl (C=O) groups is 2. The Balaban J connectivity index is 0.000000299. The highest BCUT2D eigenvalue weighted by molar-refractivity contribution is 7.86. The van der Waals surface area contributed by atoms with Crippen LogP contribution < -0.4 is 19.8 Å². The van der Waals surface area contributed by atoms with Gasteiger partial charge < -0.3 is 19.7 Å². The summed E-state index contributed by atoms with van der Waals surface area (Å²) in [4.78, 5) is 25.6. The van der Waals surface area contributed by atoms with Crippen LogP contribution in [0.5, 0.6) is 0 Å². The van der Waals surface area contributed by atoms with Crippen molar-refractivity contribution in [2.45, 2.75) is 50.6 Å². The number of hydrogen-bond donors (Lipinski definition) is 2. The maximum atomic E-state index is 13.0. The summed E-state index contributed by atoms with van der Waals surface area (Å²) < 4.78 is 66.6. The van der Waals surface area contributed by atoms with Gasteiger partial charge in [-0.3, -0.25) is 9.59 Å². The monoisotopic (exact) mass is 1020 g/mol. The molecule has 0 aliphatic rings. The molecule has 0 bridgehead atoms. The average Bonchev–Trinajstić information content (AvgIpc) is 3.41. The molecule has 0 radical (unpaired) electrons. The molecule has 0 unspecified atom stereocenters. The van der Waals surface area contributed by atoms with Gasteiger partial charge in [-0.1, -0.05) is 108 Å². The third kappa shape index (κ3) is 14.8. The van der Waals surface area contributed by atoms with Crippen LogP contribution in [0.4, 0.5) is 11.4 Å². The summed E-state index contributed by atoms with van der Waals surface area (Å²) in [6.07, 6.45) is 8.41. The molecule has 12 nitrogen and oxygen atoms in total. The van der Waals surface area contributed by atoms with E-state index in [0.717, 1.165) is 52.0 Å². The quantitative estimate of drug-likeness (QED) is 0.0896. The number of aromatic nitrogens is 2. The van der Waals surface area contributed by atoms with Crippen LogP contribution >= 0.6 is 0 Å². The van der Waals surface area contributed by atoms with Crippen molar-refractivity contribution in [2.24, 2.45) is 0 Å². The number of benzene rings is 7. The molecule has 2 amide bonds. The lowest BCUT2D eigenvalue weighted by atomic mass is 9.98. The van der Waals surface area contributed by atoms with E-state index in [1.807, 2.05) is 74.6 Å². The molecular weight excluding hydrogens is 969 g/mol. The summed E-state index contributed by atoms with van der Waals surface area (Å²) in [6.45, 7) is 9.73. The fourth-order valence-corrected chi connectivity index (χ4v) is 8.51. The lowest BCUT2D eigenvalue weighted by molar-refractivity contribution is -0.693. The smallest absolute Gasteiger partial charge is 0.255 e. The number of amides is 2. The van der Waals surface area contributed by atoms with Gasteiger partial charge in [-0.2, -0.15) is 0 Å². The number of anilines is 2. The Kier molecular flexibility index (Phi) is 17.6. The summed E-state index contributed by atoms with van der Waals surface area (Å²) in [7, 11) is -8.54. The molecule has 0 atom stereocenters. The molecule has 0 aliphatic heterocycles. The molecular formula is C60H54N4O8S2. The minimum absolute atomic E-state index is 0.178. The van der Waals surface area contributed by atoms with E-state index in [0.29, 0.717) is 22.5 Å². The van der Waals surface area contributed by atoms with Gasteiger partial charge in [0.05, 0.1) is 9.79 Å². The highest BCUT2D eigenvalue weighted by atomic mass is 32.2. The minimum atomic E-state index is -4.27. The van der Waals surface area contributed by atoms with E-state index >= 15 is 0 Å². The van der Waals surface area contributed by atoms with E-state index in [2.05, 4.69) is 119 Å². The van der Waals surface area contributed by atoms with Crippen LogP contribution in [-0.4, -0.2) is 37.8 Å². The van der Waals surface area contributed by atoms with E-state index in [9.17, 15) is 35.5 Å². The van der Waals surface area contributed by atoms with Crippen LogP contribution in [0.2, 0.25) is 0 Å². The Labute approximate surface area is 432 Å². The van der Waals surface area contributed by atoms with Crippen LogP contribution in [0.25, 0.3) is 44.5 Å². The number of nitrogens with one attached hydrogen (secondary N) is 2. The SMILES string of the molecule is CC[n+]1cccc(-c2ccc(NC(=O)c3ccc(C(=O)Nc4ccc(-c5ccc(-c6ccc(-c7ccc[n+](CC)c7)cc6)cc5)cc4)cc3)cc2)c1.Cc1ccc(S(=O)(=O)[O-])cc1.Cc1ccc(S(=O)(=O)[O-])cc1. The van der Waals surface area contributed by atoms with Gasteiger partial charge in [0, 0.05) is 45.8 Å². The van der Waals surface area contributed by atoms with Crippen LogP contribution in [0.15, 0.2) is 229 Å². The summed E-state index contributed by atoms with van der Waals surface area (Å²) >= 11 is 0. The Morgan fingerprint density at radius 2 is 0.662 bits per heavy atom. The molecule has 2 aromatic heterocycles. The normalized spacial score (nSPS) is 11.0. The largest absolute Gasteiger partial charge is 0.744 e. The lowest BCUT2D eigenvalue weighted by Gasteiger charge is -2.09. The van der Waals surface area contributed by atoms with Crippen molar-refractivity contribution in [3.8, 4) is 44.5 Å². The third-order valence-electron chi connectivity index (χ3n) is 11.9. The highest BCUT2D eigenvalue weighted by Crippen LogP contribution is 2.28. The molecule has 74 heavy (non-hydrogen) atoms. The first-order valence-electron chi connectivity index (χ1n) is 23.6. The summed E-state index contributed by atoms with van der Waals surface area (Å²) in [6, 6.07) is 59.3. The Bertz CT molecular complexity index is 3500. The number of pyridine rings is 2. The maximum absolute atomic E-state index is 13.0. The van der Waals surface area contributed by atoms with E-state index in [-0.39, 0.29) is 21.6 Å². The Morgan fingerprint density at radius 1 is 0.392 bits per heavy atom. The summed E-state index contributed by atoms with van der Waals surface area (Å²) in [5, 5.41) is 5.91. The predicted octanol–water partition coefficient (Wildman–Crippen LogP) is 11.3. The van der Waals surface area contributed by atoms with Gasteiger partial charge in [0.2, 0.25) is 0 Å². The van der Waals surface area contributed by atoms with Gasteiger partial charge in [-0.25, -0.2) is 26.0 Å². The first-order chi connectivity index (χ1) is 35.4. The van der Waals surface area contributed by atoms with Gasteiger partial charge in [0.1, 0.15) is 33.3 Å². The highest BCUT2D eigenvalue weighted by Gasteiger charge is 2.12. The summed E-state index contributed by atoms with van der Waals surface area (Å²) in [5.41, 5.74) is 13.3. The molecule has 0 fully saturated rings. The predicted molar refractivity (Wildman–Crippen MR) is 287 cm³/mol. The zero-order valence-corrected chi connectivity index (χ0v) is 42.8. The fourth-order valence-electron chi connectivity index (χ4n) is 7.57. The number of rotatable bonds is 12. The second-order valence-electron chi connectivity index (χ2n) is 17.2. The van der Waals surface area contributed by atoms with Crippen molar-refractivity contribution >= 4 is 43.4 Å². The second-order valence-corrected chi connectivity index (χ2v) is 19.9. The van der Waals surface area contributed by atoms with Crippen LogP contribution in [0, 0.1) is 13.8 Å². The average molecular weight is 1020 g/mol. The number of hydrogen-bond acceptors (Lipinski definition) is 8. The lowest BCUT2D eigenvalue weighted by Crippen LogP contribution is -2.30. The molecule has 2 heterocycles. The Morgan fingerprint density at radius 3 is 0.932 bits per heavy atom. The van der Waals surface area contributed by atoms with Crippen LogP contribution in [0.1, 0.15) is 45.7 Å². The third-order valence-corrected chi connectivity index (χ3v) is 13.6. The molecule has 9 aromatic rings. The molecule has 2 N–H and O–H groups in total. The standard InChI is InChI=1S/C46H38N4O2.2C7H8O3S/c1-3-49-29-5-7-41(31-49)37-15-13-34(14-16-37)33-9-11-35(12-10-33)36-21-25-43(26-22-36)47-45(51)39-17-19-40(20-18-39)46(52)48-44-27-23-38(24-28-44)42-8-6-30-50(4-2)32-42;2*1-6-2-4-7(5-3-6)11(8,9)10/h5-32H,3-4H2,1-2H3;2*2-5H,1H3,(H,8,9,10). The van der Waals surface area contributed by atoms with Crippen molar-refractivity contribution in [1.82, 2.24) is 0 Å². The van der Waals surface area contributed by atoms with Crippen LogP contribution in [0.3, 0.4) is 0 Å². The fraction of sp³-hybridized carbons (Fsp3) is 0.100. The molecule has 0 saturated carbocycles. The maximum Gasteiger partial charge on any atom is 0.255 e. The summed E-state index contributed by atoms with van der Waals surface area (Å²) in [5.74, 6) is -0.481. The van der Waals surface area contributed by atoms with Crippen molar-refractivity contribution in [3.05, 3.63) is 241 Å². The van der Waals surface area contributed by atoms with Crippen molar-refractivity contribution < 1.29 is 44.7 Å². The molecule has 0 aliphatic carbocycles. The molecule has 14 heteroatoms. The van der Waals surface area contributed by atoms with Gasteiger partial charge >= 0.3 is 0 Å². The second kappa shape index (κ2) is 24.3. The molecule has 0 saturated heterocycles.